The molecule has 1 aromatic carbocycles. The van der Waals surface area contributed by atoms with Gasteiger partial charge in [-0.05, 0) is 18.6 Å². The number of fused-ring (bicyclic) bond motifs is 1. The summed E-state index contributed by atoms with van der Waals surface area (Å²) >= 11 is 0. The van der Waals surface area contributed by atoms with Gasteiger partial charge >= 0.3 is 0 Å². The van der Waals surface area contributed by atoms with Crippen molar-refractivity contribution in [2.24, 2.45) is 0 Å². The largest absolute Gasteiger partial charge is 0.358 e. The van der Waals surface area contributed by atoms with Gasteiger partial charge < -0.3 is 15.6 Å². The van der Waals surface area contributed by atoms with Gasteiger partial charge in [-0.15, -0.1) is 0 Å². The molecule has 1 atom stereocenters. The number of benzene rings is 1. The molecule has 0 unspecified atom stereocenters. The van der Waals surface area contributed by atoms with E-state index >= 15 is 0 Å². The zero-order valence-electron chi connectivity index (χ0n) is 9.51. The van der Waals surface area contributed by atoms with Crippen LogP contribution in [-0.2, 0) is 0 Å². The third-order valence-corrected chi connectivity index (χ3v) is 3.33. The zero-order chi connectivity index (χ0) is 11.0. The lowest BCUT2D eigenvalue weighted by atomic mass is 10.0. The number of aromatic amines is 1. The molecule has 0 spiro atoms. The zero-order valence-corrected chi connectivity index (χ0v) is 9.51. The number of aromatic nitrogens is 1. The first kappa shape index (κ1) is 9.87. The molecule has 1 fully saturated rings. The van der Waals surface area contributed by atoms with Crippen molar-refractivity contribution in [1.29, 1.82) is 0 Å². The Labute approximate surface area is 95.2 Å². The van der Waals surface area contributed by atoms with Crippen LogP contribution in [0.2, 0.25) is 0 Å². The lowest BCUT2D eigenvalue weighted by molar-refractivity contribution is 0.431. The molecule has 1 aliphatic heterocycles. The molecular weight excluding hydrogens is 198 g/mol. The summed E-state index contributed by atoms with van der Waals surface area (Å²) in [5, 5.41) is 8.36. The summed E-state index contributed by atoms with van der Waals surface area (Å²) in [6.45, 7) is 5.29. The molecule has 0 aliphatic carbocycles. The van der Waals surface area contributed by atoms with E-state index in [1.54, 1.807) is 0 Å². The minimum absolute atomic E-state index is 0.435. The molecule has 0 amide bonds. The van der Waals surface area contributed by atoms with E-state index in [2.05, 4.69) is 46.8 Å². The Morgan fingerprint density at radius 2 is 2.06 bits per heavy atom. The maximum Gasteiger partial charge on any atom is 0.0471 e. The van der Waals surface area contributed by atoms with E-state index in [9.17, 15) is 0 Å². The van der Waals surface area contributed by atoms with Crippen LogP contribution in [0.4, 0.5) is 0 Å². The summed E-state index contributed by atoms with van der Waals surface area (Å²) in [5.74, 6) is 0. The SMILES string of the molecule is Cc1[nH]c2ccccc2c1[C@@H]1CNCCN1. The molecule has 1 saturated heterocycles. The van der Waals surface area contributed by atoms with Gasteiger partial charge in [0.05, 0.1) is 0 Å². The summed E-state index contributed by atoms with van der Waals surface area (Å²) in [4.78, 5) is 3.46. The standard InChI is InChI=1S/C13H17N3/c1-9-13(12-8-14-6-7-15-12)10-4-2-3-5-11(10)16-9/h2-5,12,14-16H,6-8H2,1H3/t12-/m0/s1. The highest BCUT2D eigenvalue weighted by molar-refractivity contribution is 5.85. The minimum Gasteiger partial charge on any atom is -0.358 e. The van der Waals surface area contributed by atoms with Crippen molar-refractivity contribution >= 4 is 10.9 Å². The first-order valence-corrected chi connectivity index (χ1v) is 5.87. The number of hydrogen-bond acceptors (Lipinski definition) is 2. The van der Waals surface area contributed by atoms with Crippen LogP contribution in [0.5, 0.6) is 0 Å². The van der Waals surface area contributed by atoms with Crippen LogP contribution in [0.3, 0.4) is 0 Å². The highest BCUT2D eigenvalue weighted by Gasteiger charge is 2.19. The van der Waals surface area contributed by atoms with E-state index < -0.39 is 0 Å². The summed E-state index contributed by atoms with van der Waals surface area (Å²) < 4.78 is 0. The second-order valence-electron chi connectivity index (χ2n) is 4.42. The third-order valence-electron chi connectivity index (χ3n) is 3.33. The second-order valence-corrected chi connectivity index (χ2v) is 4.42. The van der Waals surface area contributed by atoms with Gasteiger partial charge in [0.1, 0.15) is 0 Å². The van der Waals surface area contributed by atoms with Gasteiger partial charge in [-0.25, -0.2) is 0 Å². The number of para-hydroxylation sites is 1. The Balaban J connectivity index is 2.10. The monoisotopic (exact) mass is 215 g/mol. The number of piperazine rings is 1. The molecule has 16 heavy (non-hydrogen) atoms. The average molecular weight is 215 g/mol. The van der Waals surface area contributed by atoms with Crippen molar-refractivity contribution in [3.63, 3.8) is 0 Å². The fraction of sp³-hybridized carbons (Fsp3) is 0.385. The number of aryl methyl sites for hydroxylation is 1. The quantitative estimate of drug-likeness (QED) is 0.677. The average Bonchev–Trinajstić information content (AvgIpc) is 2.66. The lowest BCUT2D eigenvalue weighted by Gasteiger charge is -2.25. The molecule has 0 saturated carbocycles. The molecule has 1 aromatic heterocycles. The second kappa shape index (κ2) is 3.92. The van der Waals surface area contributed by atoms with E-state index in [-0.39, 0.29) is 0 Å². The van der Waals surface area contributed by atoms with Crippen molar-refractivity contribution < 1.29 is 0 Å². The molecule has 84 valence electrons. The Morgan fingerprint density at radius 3 is 2.88 bits per heavy atom. The van der Waals surface area contributed by atoms with Crippen LogP contribution < -0.4 is 10.6 Å². The highest BCUT2D eigenvalue weighted by atomic mass is 15.1. The van der Waals surface area contributed by atoms with Gasteiger partial charge in [-0.2, -0.15) is 0 Å². The molecule has 2 aromatic rings. The predicted octanol–water partition coefficient (Wildman–Crippen LogP) is 1.71. The van der Waals surface area contributed by atoms with E-state index in [1.807, 2.05) is 0 Å². The third kappa shape index (κ3) is 1.52. The first-order chi connectivity index (χ1) is 7.86. The Morgan fingerprint density at radius 1 is 1.19 bits per heavy atom. The molecule has 3 heteroatoms. The molecule has 0 radical (unpaired) electrons. The molecule has 3 N–H and O–H groups in total. The van der Waals surface area contributed by atoms with Gasteiger partial charge in [-0.1, -0.05) is 18.2 Å². The first-order valence-electron chi connectivity index (χ1n) is 5.87. The van der Waals surface area contributed by atoms with E-state index in [0.717, 1.165) is 19.6 Å². The van der Waals surface area contributed by atoms with E-state index in [4.69, 9.17) is 0 Å². The van der Waals surface area contributed by atoms with Crippen molar-refractivity contribution in [3.8, 4) is 0 Å². The van der Waals surface area contributed by atoms with Crippen molar-refractivity contribution in [2.45, 2.75) is 13.0 Å². The van der Waals surface area contributed by atoms with Crippen LogP contribution in [0.25, 0.3) is 10.9 Å². The van der Waals surface area contributed by atoms with Crippen LogP contribution in [-0.4, -0.2) is 24.6 Å². The van der Waals surface area contributed by atoms with Crippen molar-refractivity contribution in [1.82, 2.24) is 15.6 Å². The topological polar surface area (TPSA) is 39.9 Å². The van der Waals surface area contributed by atoms with Crippen LogP contribution in [0.15, 0.2) is 24.3 Å². The van der Waals surface area contributed by atoms with Gasteiger partial charge in [0.15, 0.2) is 0 Å². The number of hydrogen-bond donors (Lipinski definition) is 3. The Kier molecular flexibility index (Phi) is 2.42. The number of H-pyrrole nitrogens is 1. The van der Waals surface area contributed by atoms with Crippen LogP contribution >= 0.6 is 0 Å². The molecule has 3 rings (SSSR count). The summed E-state index contributed by atoms with van der Waals surface area (Å²) in [5.41, 5.74) is 3.94. The molecule has 2 heterocycles. The van der Waals surface area contributed by atoms with E-state index in [1.165, 1.54) is 22.2 Å². The van der Waals surface area contributed by atoms with Gasteiger partial charge in [-0.3, -0.25) is 0 Å². The summed E-state index contributed by atoms with van der Waals surface area (Å²) in [6, 6.07) is 8.96. The fourth-order valence-corrected chi connectivity index (χ4v) is 2.60. The molecule has 0 bridgehead atoms. The minimum atomic E-state index is 0.435. The van der Waals surface area contributed by atoms with E-state index in [0.29, 0.717) is 6.04 Å². The Bertz CT molecular complexity index is 495. The van der Waals surface area contributed by atoms with Gasteiger partial charge in [0, 0.05) is 42.3 Å². The maximum atomic E-state index is 3.57. The molecule has 1 aliphatic rings. The number of nitrogens with one attached hydrogen (secondary N) is 3. The fourth-order valence-electron chi connectivity index (χ4n) is 2.60. The molecular formula is C13H17N3. The van der Waals surface area contributed by atoms with Gasteiger partial charge in [0.2, 0.25) is 0 Å². The normalized spacial score (nSPS) is 21.4. The maximum absolute atomic E-state index is 3.57. The van der Waals surface area contributed by atoms with Crippen molar-refractivity contribution in [3.05, 3.63) is 35.5 Å². The smallest absolute Gasteiger partial charge is 0.0471 e. The van der Waals surface area contributed by atoms with Crippen LogP contribution in [0.1, 0.15) is 17.3 Å². The number of rotatable bonds is 1. The highest BCUT2D eigenvalue weighted by Crippen LogP contribution is 2.27. The predicted molar refractivity (Wildman–Crippen MR) is 66.6 cm³/mol. The van der Waals surface area contributed by atoms with Crippen molar-refractivity contribution in [2.75, 3.05) is 19.6 Å². The molecule has 3 nitrogen and oxygen atoms in total. The van der Waals surface area contributed by atoms with Crippen LogP contribution in [0, 0.1) is 6.92 Å². The lowest BCUT2D eigenvalue weighted by Crippen LogP contribution is -2.42. The Hall–Kier alpha value is -1.32. The summed E-state index contributed by atoms with van der Waals surface area (Å²) in [7, 11) is 0. The van der Waals surface area contributed by atoms with Gasteiger partial charge in [0.25, 0.3) is 0 Å². The summed E-state index contributed by atoms with van der Waals surface area (Å²) in [6.07, 6.45) is 0.